The van der Waals surface area contributed by atoms with Crippen molar-refractivity contribution in [1.29, 1.82) is 0 Å². The molecule has 7 heteroatoms. The van der Waals surface area contributed by atoms with E-state index in [-0.39, 0.29) is 30.1 Å². The number of para-hydroxylation sites is 1. The number of halogens is 1. The summed E-state index contributed by atoms with van der Waals surface area (Å²) in [5.41, 5.74) is 1.05. The van der Waals surface area contributed by atoms with Gasteiger partial charge in [-0.1, -0.05) is 37.2 Å². The van der Waals surface area contributed by atoms with E-state index in [0.29, 0.717) is 12.5 Å². The fourth-order valence-corrected chi connectivity index (χ4v) is 3.69. The fraction of sp³-hybridized carbons (Fsp3) is 0.545. The van der Waals surface area contributed by atoms with E-state index in [1.807, 2.05) is 37.4 Å². The van der Waals surface area contributed by atoms with Gasteiger partial charge in [0.15, 0.2) is 11.7 Å². The maximum Gasteiger partial charge on any atom is 0.194 e. The molecule has 1 fully saturated rings. The normalized spacial score (nSPS) is 15.3. The first-order valence-electron chi connectivity index (χ1n) is 10.4. The van der Waals surface area contributed by atoms with E-state index in [1.165, 1.54) is 0 Å². The maximum atomic E-state index is 6.08. The lowest BCUT2D eigenvalue weighted by atomic mass is 9.99. The highest BCUT2D eigenvalue weighted by molar-refractivity contribution is 14.0. The van der Waals surface area contributed by atoms with Gasteiger partial charge in [-0.3, -0.25) is 4.99 Å². The second-order valence-corrected chi connectivity index (χ2v) is 7.25. The van der Waals surface area contributed by atoms with Gasteiger partial charge in [-0.25, -0.2) is 0 Å². The lowest BCUT2D eigenvalue weighted by Gasteiger charge is -2.34. The van der Waals surface area contributed by atoms with E-state index >= 15 is 0 Å². The SMILES string of the molecule is CCC(CC)c1cc(CNC(=NC)N2CCC(Oc3ccccc3)CC2)on1.I. The number of guanidine groups is 1. The van der Waals surface area contributed by atoms with Crippen LogP contribution in [0.4, 0.5) is 0 Å². The molecule has 1 aliphatic rings. The minimum absolute atomic E-state index is 0. The molecule has 0 atom stereocenters. The highest BCUT2D eigenvalue weighted by atomic mass is 127. The summed E-state index contributed by atoms with van der Waals surface area (Å²) in [6, 6.07) is 12.1. The molecule has 1 saturated heterocycles. The van der Waals surface area contributed by atoms with Crippen LogP contribution >= 0.6 is 24.0 Å². The summed E-state index contributed by atoms with van der Waals surface area (Å²) in [6.45, 7) is 6.82. The lowest BCUT2D eigenvalue weighted by Crippen LogP contribution is -2.47. The zero-order valence-electron chi connectivity index (χ0n) is 17.6. The van der Waals surface area contributed by atoms with Crippen LogP contribution in [0, 0.1) is 0 Å². The average molecular weight is 512 g/mol. The summed E-state index contributed by atoms with van der Waals surface area (Å²) in [4.78, 5) is 6.72. The zero-order chi connectivity index (χ0) is 19.8. The molecule has 29 heavy (non-hydrogen) atoms. The molecule has 0 bridgehead atoms. The van der Waals surface area contributed by atoms with E-state index in [1.54, 1.807) is 0 Å². The Labute approximate surface area is 191 Å². The minimum Gasteiger partial charge on any atom is -0.490 e. The number of ether oxygens (including phenoxy) is 1. The molecular weight excluding hydrogens is 479 g/mol. The van der Waals surface area contributed by atoms with Gasteiger partial charge in [0, 0.05) is 45.0 Å². The number of nitrogens with zero attached hydrogens (tertiary/aromatic N) is 3. The Morgan fingerprint density at radius 2 is 1.93 bits per heavy atom. The molecule has 1 N–H and O–H groups in total. The van der Waals surface area contributed by atoms with E-state index in [0.717, 1.165) is 61.9 Å². The van der Waals surface area contributed by atoms with Crippen molar-refractivity contribution in [3.8, 4) is 5.75 Å². The maximum absolute atomic E-state index is 6.08. The monoisotopic (exact) mass is 512 g/mol. The number of piperidine rings is 1. The van der Waals surface area contributed by atoms with Gasteiger partial charge < -0.3 is 19.5 Å². The Morgan fingerprint density at radius 3 is 2.55 bits per heavy atom. The molecule has 0 aliphatic carbocycles. The average Bonchev–Trinajstić information content (AvgIpc) is 3.20. The van der Waals surface area contributed by atoms with Crippen LogP contribution in [0.1, 0.15) is 56.9 Å². The molecule has 0 radical (unpaired) electrons. The Kier molecular flexibility index (Phi) is 9.76. The van der Waals surface area contributed by atoms with Crippen molar-refractivity contribution in [2.45, 2.75) is 58.1 Å². The summed E-state index contributed by atoms with van der Waals surface area (Å²) in [7, 11) is 1.82. The van der Waals surface area contributed by atoms with Crippen LogP contribution in [-0.4, -0.2) is 42.3 Å². The van der Waals surface area contributed by atoms with Crippen molar-refractivity contribution in [1.82, 2.24) is 15.4 Å². The molecular formula is C22H33IN4O2. The Hall–Kier alpha value is -1.77. The Balaban J connectivity index is 0.00000300. The lowest BCUT2D eigenvalue weighted by molar-refractivity contribution is 0.129. The van der Waals surface area contributed by atoms with Gasteiger partial charge in [-0.2, -0.15) is 0 Å². The molecule has 0 spiro atoms. The molecule has 6 nitrogen and oxygen atoms in total. The van der Waals surface area contributed by atoms with E-state index < -0.39 is 0 Å². The van der Waals surface area contributed by atoms with Crippen LogP contribution in [0.15, 0.2) is 45.9 Å². The number of aliphatic imine (C=N–C) groups is 1. The summed E-state index contributed by atoms with van der Waals surface area (Å²) in [5.74, 6) is 3.17. The van der Waals surface area contributed by atoms with Crippen molar-refractivity contribution in [2.24, 2.45) is 4.99 Å². The summed E-state index contributed by atoms with van der Waals surface area (Å²) in [5, 5.41) is 7.65. The molecule has 3 rings (SSSR count). The summed E-state index contributed by atoms with van der Waals surface area (Å²) < 4.78 is 11.6. The third-order valence-electron chi connectivity index (χ3n) is 5.40. The molecule has 0 amide bonds. The van der Waals surface area contributed by atoms with Crippen molar-refractivity contribution in [3.63, 3.8) is 0 Å². The third-order valence-corrected chi connectivity index (χ3v) is 5.40. The number of hydrogen-bond donors (Lipinski definition) is 1. The van der Waals surface area contributed by atoms with Crippen LogP contribution < -0.4 is 10.1 Å². The Bertz CT molecular complexity index is 738. The topological polar surface area (TPSA) is 62.9 Å². The number of likely N-dealkylation sites (tertiary alicyclic amines) is 1. The predicted molar refractivity (Wildman–Crippen MR) is 127 cm³/mol. The fourth-order valence-electron chi connectivity index (χ4n) is 3.69. The second kappa shape index (κ2) is 12.0. The van der Waals surface area contributed by atoms with Gasteiger partial charge in [0.1, 0.15) is 11.9 Å². The molecule has 160 valence electrons. The quantitative estimate of drug-likeness (QED) is 0.328. The number of nitrogens with one attached hydrogen (secondary N) is 1. The van der Waals surface area contributed by atoms with E-state index in [4.69, 9.17) is 9.26 Å². The van der Waals surface area contributed by atoms with E-state index in [2.05, 4.69) is 40.3 Å². The number of rotatable bonds is 7. The molecule has 2 aromatic rings. The van der Waals surface area contributed by atoms with Crippen molar-refractivity contribution < 1.29 is 9.26 Å². The first kappa shape index (κ1) is 23.5. The Morgan fingerprint density at radius 1 is 1.24 bits per heavy atom. The van der Waals surface area contributed by atoms with Gasteiger partial charge in [0.25, 0.3) is 0 Å². The first-order chi connectivity index (χ1) is 13.7. The van der Waals surface area contributed by atoms with Crippen LogP contribution in [0.2, 0.25) is 0 Å². The molecule has 1 aliphatic heterocycles. The highest BCUT2D eigenvalue weighted by Crippen LogP contribution is 2.22. The van der Waals surface area contributed by atoms with Crippen molar-refractivity contribution in [2.75, 3.05) is 20.1 Å². The number of benzene rings is 1. The van der Waals surface area contributed by atoms with E-state index in [9.17, 15) is 0 Å². The zero-order valence-corrected chi connectivity index (χ0v) is 20.0. The second-order valence-electron chi connectivity index (χ2n) is 7.25. The standard InChI is InChI=1S/C22H32N4O2.HI/c1-4-17(5-2)21-15-20(28-25-21)16-24-22(23-3)26-13-11-19(12-14-26)27-18-9-7-6-8-10-18;/h6-10,15,17,19H,4-5,11-14,16H2,1-3H3,(H,23,24);1H. The first-order valence-corrected chi connectivity index (χ1v) is 10.4. The minimum atomic E-state index is 0. The summed E-state index contributed by atoms with van der Waals surface area (Å²) >= 11 is 0. The molecule has 1 aromatic carbocycles. The van der Waals surface area contributed by atoms with Gasteiger partial charge in [-0.05, 0) is 25.0 Å². The molecule has 0 saturated carbocycles. The molecule has 2 heterocycles. The molecule has 0 unspecified atom stereocenters. The van der Waals surface area contributed by atoms with Crippen LogP contribution in [-0.2, 0) is 6.54 Å². The smallest absolute Gasteiger partial charge is 0.194 e. The van der Waals surface area contributed by atoms with Crippen LogP contribution in [0.5, 0.6) is 5.75 Å². The number of aromatic nitrogens is 1. The van der Waals surface area contributed by atoms with Crippen LogP contribution in [0.3, 0.4) is 0 Å². The largest absolute Gasteiger partial charge is 0.490 e. The van der Waals surface area contributed by atoms with Gasteiger partial charge in [-0.15, -0.1) is 24.0 Å². The van der Waals surface area contributed by atoms with Gasteiger partial charge >= 0.3 is 0 Å². The van der Waals surface area contributed by atoms with Gasteiger partial charge in [0.2, 0.25) is 0 Å². The number of hydrogen-bond acceptors (Lipinski definition) is 4. The van der Waals surface area contributed by atoms with Gasteiger partial charge in [0.05, 0.1) is 12.2 Å². The van der Waals surface area contributed by atoms with Crippen molar-refractivity contribution in [3.05, 3.63) is 47.9 Å². The van der Waals surface area contributed by atoms with Crippen LogP contribution in [0.25, 0.3) is 0 Å². The highest BCUT2D eigenvalue weighted by Gasteiger charge is 2.23. The summed E-state index contributed by atoms with van der Waals surface area (Å²) in [6.07, 6.45) is 4.39. The predicted octanol–water partition coefficient (Wildman–Crippen LogP) is 4.82. The van der Waals surface area contributed by atoms with Crippen molar-refractivity contribution >= 4 is 29.9 Å². The molecule has 1 aromatic heterocycles. The third kappa shape index (κ3) is 6.62.